The van der Waals surface area contributed by atoms with Gasteiger partial charge in [-0.3, -0.25) is 0 Å². The normalized spacial score (nSPS) is 50.7. The van der Waals surface area contributed by atoms with Crippen LogP contribution in [0.5, 0.6) is 0 Å². The van der Waals surface area contributed by atoms with E-state index < -0.39 is 267 Å². The third kappa shape index (κ3) is 13.4. The van der Waals surface area contributed by atoms with Gasteiger partial charge in [-0.2, -0.15) is 0 Å². The Hall–Kier alpha value is -2.87. The summed E-state index contributed by atoms with van der Waals surface area (Å²) in [5.74, 6) is -1.39. The minimum absolute atomic E-state index is 0.0324. The molecular formula is C49H75NO36. The smallest absolute Gasteiger partial charge is 0.337 e. The fourth-order valence-electron chi connectivity index (χ4n) is 11.5. The molecule has 22 N–H and O–H groups in total. The maximum absolute atomic E-state index is 12.2. The number of hydrogen-bond donors (Lipinski definition) is 22. The minimum Gasteiger partial charge on any atom is -0.478 e. The maximum Gasteiger partial charge on any atom is 0.337 e. The van der Waals surface area contributed by atoms with Gasteiger partial charge in [0.25, 0.3) is 0 Å². The number of carboxylic acid groups (broad SMARTS) is 1. The number of aliphatic hydroxyl groups excluding tert-OH is 20. The van der Waals surface area contributed by atoms with Crippen molar-refractivity contribution in [3.63, 3.8) is 0 Å². The van der Waals surface area contributed by atoms with Gasteiger partial charge in [-0.1, -0.05) is 12.1 Å². The topological polar surface area (TPSA) is 583 Å². The first kappa shape index (κ1) is 67.5. The van der Waals surface area contributed by atoms with Crippen LogP contribution in [0.1, 0.15) is 10.4 Å². The van der Waals surface area contributed by atoms with Gasteiger partial charge in [-0.15, -0.1) is 0 Å². The van der Waals surface area contributed by atoms with Crippen molar-refractivity contribution < 1.29 is 178 Å². The number of ether oxygens (including phenoxy) is 14. The number of hydrogen-bond acceptors (Lipinski definition) is 36. The van der Waals surface area contributed by atoms with Crippen molar-refractivity contribution in [1.29, 1.82) is 0 Å². The van der Waals surface area contributed by atoms with Crippen molar-refractivity contribution in [3.05, 3.63) is 29.8 Å². The lowest BCUT2D eigenvalue weighted by molar-refractivity contribution is -0.396. The van der Waals surface area contributed by atoms with Gasteiger partial charge in [-0.25, -0.2) is 4.79 Å². The fourth-order valence-corrected chi connectivity index (χ4v) is 11.5. The lowest BCUT2D eigenvalue weighted by Gasteiger charge is -2.50. The molecule has 0 radical (unpaired) electrons. The highest BCUT2D eigenvalue weighted by Gasteiger charge is 2.59. The Morgan fingerprint density at radius 2 is 0.500 bits per heavy atom. The molecule has 0 aliphatic carbocycles. The van der Waals surface area contributed by atoms with Crippen molar-refractivity contribution in [1.82, 2.24) is 0 Å². The van der Waals surface area contributed by atoms with Crippen LogP contribution in [0.4, 0.5) is 5.69 Å². The molecule has 0 saturated carbocycles. The SMILES string of the molecule is O=C(O)c1ccccc1NC[C@H]1O[C@@H]2O[C@H]3[C@H](O)[C@@H](O)[C@@H](O[C@H]4[C@H](O)[C@@H](O)[C@@H](O[C@H]5[C@H](O)[C@@H](O)[C@@H](O[C@H]6[C@H](O)[C@@H](O)[C@@H](O[C@H]7[C@H](O)[C@@H](O)[C@@H](O[C@H]8[C@H](O)[C@@H](O)[C@@H](O[C@H]1[C@H](O)[C@H]2O)O[C@@H]8CO)O[C@@H]7CO)O[C@@H]6CO)O[C@@H]5CO)O[C@@H]4CO)O[C@@H]3CO. The molecule has 22 rings (SSSR count). The summed E-state index contributed by atoms with van der Waals surface area (Å²) in [7, 11) is 0. The number of benzene rings is 1. The summed E-state index contributed by atoms with van der Waals surface area (Å²) >= 11 is 0. The van der Waals surface area contributed by atoms with E-state index in [-0.39, 0.29) is 11.3 Å². The van der Waals surface area contributed by atoms with Crippen LogP contribution in [0.3, 0.4) is 0 Å². The molecule has 37 nitrogen and oxygen atoms in total. The van der Waals surface area contributed by atoms with E-state index >= 15 is 0 Å². The van der Waals surface area contributed by atoms with Gasteiger partial charge >= 0.3 is 5.97 Å². The van der Waals surface area contributed by atoms with Gasteiger partial charge in [0.15, 0.2) is 44.0 Å². The molecule has 0 aromatic heterocycles. The summed E-state index contributed by atoms with van der Waals surface area (Å²) in [5.41, 5.74) is -0.298. The molecule has 0 spiro atoms. The van der Waals surface area contributed by atoms with Gasteiger partial charge in [0, 0.05) is 12.2 Å². The van der Waals surface area contributed by atoms with Gasteiger partial charge in [-0.05, 0) is 12.1 Å². The molecule has 0 amide bonds. The first-order valence-electron chi connectivity index (χ1n) is 27.4. The largest absolute Gasteiger partial charge is 0.478 e. The maximum atomic E-state index is 12.2. The highest BCUT2D eigenvalue weighted by molar-refractivity contribution is 5.94. The molecule has 35 atom stereocenters. The highest BCUT2D eigenvalue weighted by Crippen LogP contribution is 2.39. The summed E-state index contributed by atoms with van der Waals surface area (Å²) in [4.78, 5) is 12.2. The number of anilines is 1. The van der Waals surface area contributed by atoms with Crippen LogP contribution in [0.2, 0.25) is 0 Å². The van der Waals surface area contributed by atoms with Crippen molar-refractivity contribution >= 4 is 11.7 Å². The standard InChI is InChI=1S/C49H75NO36/c51-6-15-36-23(59)30(66)45(75-15)83-38-17(8-53)77-47(32(68)25(38)61)85-40-19(10-55)79-49(34(70)27(40)63)86-41-20(11-56)78-48(33(69)26(41)62)84-39-18(9-54)76-46(31(67)24(39)60)82-37-16(7-52)74-44(29(65)22(37)58)80-35-14(73-43(81-36)28(64)21(35)57)5-50-13-4-2-1-3-12(13)42(71)72/h1-4,14-41,43-70H,5-11H2,(H,71,72)/t14-,15-,16-,17-,18-,19-,20-,21-,22-,23-,24-,25-,26-,27-,28-,29-,30-,31-,32-,33-,34-,35-,36-,37-,38-,39-,40-,41-,43-,44-,45-,46-,47-,48-,49-/m1/s1. The van der Waals surface area contributed by atoms with E-state index in [1.807, 2.05) is 0 Å². The molecule has 21 heterocycles. The van der Waals surface area contributed by atoms with E-state index in [4.69, 9.17) is 66.3 Å². The summed E-state index contributed by atoms with van der Waals surface area (Å²) in [6.45, 7) is -6.99. The molecule has 21 aliphatic heterocycles. The van der Waals surface area contributed by atoms with Crippen LogP contribution in [-0.2, 0) is 66.3 Å². The van der Waals surface area contributed by atoms with Crippen molar-refractivity contribution in [2.24, 2.45) is 0 Å². The zero-order valence-electron chi connectivity index (χ0n) is 45.0. The number of aromatic carboxylic acids is 1. The van der Waals surface area contributed by atoms with E-state index in [0.717, 1.165) is 0 Å². The van der Waals surface area contributed by atoms with E-state index in [9.17, 15) is 112 Å². The van der Waals surface area contributed by atoms with Crippen LogP contribution < -0.4 is 5.32 Å². The second-order valence-corrected chi connectivity index (χ2v) is 21.7. The Bertz CT molecular complexity index is 2300. The predicted octanol–water partition coefficient (Wildman–Crippen LogP) is -13.4. The lowest BCUT2D eigenvalue weighted by Crippen LogP contribution is -2.68. The molecule has 14 bridgehead atoms. The van der Waals surface area contributed by atoms with Crippen LogP contribution >= 0.6 is 0 Å². The van der Waals surface area contributed by atoms with Crippen LogP contribution in [0, 0.1) is 0 Å². The van der Waals surface area contributed by atoms with Gasteiger partial charge in [0.1, 0.15) is 171 Å². The van der Waals surface area contributed by atoms with Gasteiger partial charge in [0.05, 0.1) is 45.2 Å². The quantitative estimate of drug-likeness (QED) is 0.103. The zero-order chi connectivity index (χ0) is 62.3. The average molecular weight is 1250 g/mol. The number of para-hydroxylation sites is 1. The number of rotatable bonds is 10. The lowest BCUT2D eigenvalue weighted by atomic mass is 9.95. The summed E-state index contributed by atoms with van der Waals surface area (Å²) in [6, 6.07) is 5.45. The van der Waals surface area contributed by atoms with Crippen LogP contribution in [0.15, 0.2) is 24.3 Å². The Morgan fingerprint density at radius 1 is 0.302 bits per heavy atom. The molecule has 21 fully saturated rings. The number of nitrogens with one attached hydrogen (secondary N) is 1. The first-order chi connectivity index (χ1) is 41.0. The van der Waals surface area contributed by atoms with Gasteiger partial charge in [0.2, 0.25) is 0 Å². The van der Waals surface area contributed by atoms with Crippen molar-refractivity contribution in [2.75, 3.05) is 51.5 Å². The second-order valence-electron chi connectivity index (χ2n) is 21.7. The molecule has 86 heavy (non-hydrogen) atoms. The third-order valence-electron chi connectivity index (χ3n) is 16.3. The fraction of sp³-hybridized carbons (Fsp3) is 0.857. The molecule has 1 aromatic carbocycles. The summed E-state index contributed by atoms with van der Waals surface area (Å²) < 4.78 is 81.0. The van der Waals surface area contributed by atoms with E-state index in [2.05, 4.69) is 5.32 Å². The molecule has 37 heteroatoms. The van der Waals surface area contributed by atoms with E-state index in [1.54, 1.807) is 0 Å². The second kappa shape index (κ2) is 28.7. The van der Waals surface area contributed by atoms with Gasteiger partial charge < -0.3 is 179 Å². The number of aliphatic hydroxyl groups is 20. The molecule has 492 valence electrons. The van der Waals surface area contributed by atoms with Crippen molar-refractivity contribution in [3.8, 4) is 0 Å². The molecule has 21 aliphatic rings. The molecule has 1 aromatic rings. The third-order valence-corrected chi connectivity index (χ3v) is 16.3. The van der Waals surface area contributed by atoms with E-state index in [1.165, 1.54) is 24.3 Å². The first-order valence-corrected chi connectivity index (χ1v) is 27.4. The molecular weight excluding hydrogens is 1180 g/mol. The Balaban J connectivity index is 1.02. The van der Waals surface area contributed by atoms with Crippen LogP contribution in [0.25, 0.3) is 0 Å². The Morgan fingerprint density at radius 3 is 0.709 bits per heavy atom. The minimum atomic E-state index is -2.26. The monoisotopic (exact) mass is 1250 g/mol. The molecule has 0 unspecified atom stereocenters. The summed E-state index contributed by atoms with van der Waals surface area (Å²) in [5, 5.41) is 236. The number of carbonyl (C=O) groups is 1. The van der Waals surface area contributed by atoms with Crippen LogP contribution in [-0.4, -0.2) is 374 Å². The summed E-state index contributed by atoms with van der Waals surface area (Å²) in [6.07, 6.45) is -71.4. The predicted molar refractivity (Wildman–Crippen MR) is 263 cm³/mol. The van der Waals surface area contributed by atoms with E-state index in [0.29, 0.717) is 0 Å². The van der Waals surface area contributed by atoms with Crippen molar-refractivity contribution in [2.45, 2.75) is 215 Å². The Kier molecular flexibility index (Phi) is 22.6. The number of carboxylic acids is 1. The average Bonchev–Trinajstić information content (AvgIpc) is 1.21. The Labute approximate surface area is 485 Å². The highest BCUT2D eigenvalue weighted by atomic mass is 16.8. The zero-order valence-corrected chi connectivity index (χ0v) is 45.0. The molecule has 21 saturated heterocycles.